The van der Waals surface area contributed by atoms with E-state index in [4.69, 9.17) is 18.4 Å². The van der Waals surface area contributed by atoms with E-state index in [0.717, 1.165) is 12.5 Å². The topological polar surface area (TPSA) is 47.9 Å². The maximum absolute atomic E-state index is 9.06. The number of hydrogen-bond donors (Lipinski definition) is 1. The molecule has 13 heavy (non-hydrogen) atoms. The van der Waals surface area contributed by atoms with Crippen LogP contribution in [0.3, 0.4) is 0 Å². The van der Waals surface area contributed by atoms with Crippen molar-refractivity contribution < 1.29 is 18.4 Å². The smallest absolute Gasteiger partial charge is 0.391 e. The first-order valence-electron chi connectivity index (χ1n) is 4.52. The summed E-state index contributed by atoms with van der Waals surface area (Å²) in [7, 11) is 0.715. The van der Waals surface area contributed by atoms with E-state index >= 15 is 0 Å². The third kappa shape index (κ3) is 4.73. The first-order chi connectivity index (χ1) is 6.10. The van der Waals surface area contributed by atoms with Crippen LogP contribution in [0.5, 0.6) is 0 Å². The minimum Gasteiger partial charge on any atom is -0.391 e. The molecule has 0 aromatic heterocycles. The molecule has 5 heteroatoms. The summed E-state index contributed by atoms with van der Waals surface area (Å²) in [6.45, 7) is 4.00. The Labute approximate surface area is 81.2 Å². The van der Waals surface area contributed by atoms with Crippen LogP contribution in [0.2, 0.25) is 6.04 Å². The van der Waals surface area contributed by atoms with E-state index in [9.17, 15) is 0 Å². The SMILES string of the molecule is CCC[Si](OC)(OC)OCC(C)O. The van der Waals surface area contributed by atoms with Crippen molar-refractivity contribution in [2.24, 2.45) is 0 Å². The van der Waals surface area contributed by atoms with E-state index in [1.165, 1.54) is 0 Å². The van der Waals surface area contributed by atoms with Crippen molar-refractivity contribution in [2.45, 2.75) is 32.4 Å². The summed E-state index contributed by atoms with van der Waals surface area (Å²) in [5.41, 5.74) is 0. The second-order valence-corrected chi connectivity index (χ2v) is 5.97. The maximum Gasteiger partial charge on any atom is 0.500 e. The van der Waals surface area contributed by atoms with Gasteiger partial charge in [-0.3, -0.25) is 0 Å². The monoisotopic (exact) mass is 208 g/mol. The second-order valence-electron chi connectivity index (χ2n) is 3.00. The lowest BCUT2D eigenvalue weighted by Gasteiger charge is -2.26. The molecule has 0 heterocycles. The average Bonchev–Trinajstić information content (AvgIpc) is 2.12. The molecular weight excluding hydrogens is 188 g/mol. The van der Waals surface area contributed by atoms with Gasteiger partial charge in [-0.05, 0) is 6.92 Å². The number of aliphatic hydroxyl groups excluding tert-OH is 1. The van der Waals surface area contributed by atoms with E-state index in [1.807, 2.05) is 6.92 Å². The van der Waals surface area contributed by atoms with Crippen LogP contribution in [0.25, 0.3) is 0 Å². The molecule has 0 fully saturated rings. The lowest BCUT2D eigenvalue weighted by atomic mass is 10.5. The largest absolute Gasteiger partial charge is 0.500 e. The van der Waals surface area contributed by atoms with Crippen molar-refractivity contribution in [3.63, 3.8) is 0 Å². The maximum atomic E-state index is 9.06. The Kier molecular flexibility index (Phi) is 6.53. The van der Waals surface area contributed by atoms with Gasteiger partial charge in [-0.25, -0.2) is 0 Å². The van der Waals surface area contributed by atoms with Crippen LogP contribution in [0, 0.1) is 0 Å². The van der Waals surface area contributed by atoms with Crippen molar-refractivity contribution in [2.75, 3.05) is 20.8 Å². The van der Waals surface area contributed by atoms with Gasteiger partial charge in [-0.2, -0.15) is 0 Å². The lowest BCUT2D eigenvalue weighted by Crippen LogP contribution is -2.45. The summed E-state index contributed by atoms with van der Waals surface area (Å²) >= 11 is 0. The Morgan fingerprint density at radius 1 is 1.31 bits per heavy atom. The second kappa shape index (κ2) is 6.50. The average molecular weight is 208 g/mol. The van der Waals surface area contributed by atoms with Crippen molar-refractivity contribution in [3.8, 4) is 0 Å². The van der Waals surface area contributed by atoms with Gasteiger partial charge in [0.15, 0.2) is 0 Å². The van der Waals surface area contributed by atoms with E-state index in [0.29, 0.717) is 0 Å². The fourth-order valence-corrected chi connectivity index (χ4v) is 3.09. The highest BCUT2D eigenvalue weighted by Gasteiger charge is 2.37. The van der Waals surface area contributed by atoms with Gasteiger partial charge in [-0.1, -0.05) is 13.3 Å². The number of aliphatic hydroxyl groups is 1. The molecule has 0 aromatic carbocycles. The highest BCUT2D eigenvalue weighted by molar-refractivity contribution is 6.60. The van der Waals surface area contributed by atoms with Crippen LogP contribution in [0.1, 0.15) is 20.3 Å². The molecule has 0 rings (SSSR count). The van der Waals surface area contributed by atoms with E-state index in [2.05, 4.69) is 0 Å². The van der Waals surface area contributed by atoms with Crippen molar-refractivity contribution in [1.29, 1.82) is 0 Å². The van der Waals surface area contributed by atoms with Gasteiger partial charge >= 0.3 is 8.80 Å². The molecule has 0 bridgehead atoms. The molecule has 4 nitrogen and oxygen atoms in total. The van der Waals surface area contributed by atoms with Gasteiger partial charge in [0, 0.05) is 20.3 Å². The molecule has 0 aliphatic heterocycles. The van der Waals surface area contributed by atoms with Crippen molar-refractivity contribution >= 4 is 8.80 Å². The third-order valence-electron chi connectivity index (χ3n) is 1.72. The summed E-state index contributed by atoms with van der Waals surface area (Å²) in [4.78, 5) is 0. The Morgan fingerprint density at radius 2 is 1.85 bits per heavy atom. The minimum absolute atomic E-state index is 0.272. The molecule has 0 saturated carbocycles. The van der Waals surface area contributed by atoms with Crippen molar-refractivity contribution in [1.82, 2.24) is 0 Å². The lowest BCUT2D eigenvalue weighted by molar-refractivity contribution is 0.0489. The van der Waals surface area contributed by atoms with Gasteiger partial charge in [0.1, 0.15) is 0 Å². The van der Waals surface area contributed by atoms with Crippen LogP contribution in [-0.4, -0.2) is 40.8 Å². The zero-order valence-electron chi connectivity index (χ0n) is 8.87. The Bertz CT molecular complexity index is 125. The molecule has 1 unspecified atom stereocenters. The molecular formula is C8H20O4Si. The van der Waals surface area contributed by atoms with Crippen LogP contribution in [-0.2, 0) is 13.3 Å². The standard InChI is InChI=1S/C8H20O4Si/c1-5-6-13(10-3,11-4)12-7-8(2)9/h8-9H,5-7H2,1-4H3. The molecule has 0 aliphatic carbocycles. The molecule has 80 valence electrons. The zero-order valence-corrected chi connectivity index (χ0v) is 9.87. The Balaban J connectivity index is 4.04. The fourth-order valence-electron chi connectivity index (χ4n) is 1.03. The van der Waals surface area contributed by atoms with Gasteiger partial charge in [-0.15, -0.1) is 0 Å². The predicted molar refractivity (Wildman–Crippen MR) is 52.5 cm³/mol. The Hall–Kier alpha value is 0.0569. The zero-order chi connectivity index (χ0) is 10.3. The molecule has 0 spiro atoms. The van der Waals surface area contributed by atoms with Crippen LogP contribution < -0.4 is 0 Å². The summed E-state index contributed by atoms with van der Waals surface area (Å²) in [6.07, 6.45) is 0.474. The van der Waals surface area contributed by atoms with Crippen LogP contribution >= 0.6 is 0 Å². The molecule has 1 N–H and O–H groups in total. The number of rotatable bonds is 7. The molecule has 0 aliphatic rings. The molecule has 0 saturated heterocycles. The fraction of sp³-hybridized carbons (Fsp3) is 1.00. The normalized spacial score (nSPS) is 14.5. The minimum atomic E-state index is -2.47. The molecule has 0 aromatic rings. The van der Waals surface area contributed by atoms with Crippen molar-refractivity contribution in [3.05, 3.63) is 0 Å². The summed E-state index contributed by atoms with van der Waals surface area (Å²) in [5.74, 6) is 0. The van der Waals surface area contributed by atoms with Gasteiger partial charge < -0.3 is 18.4 Å². The quantitative estimate of drug-likeness (QED) is 0.635. The highest BCUT2D eigenvalue weighted by Crippen LogP contribution is 2.15. The highest BCUT2D eigenvalue weighted by atomic mass is 28.4. The predicted octanol–water partition coefficient (Wildman–Crippen LogP) is 1.03. The van der Waals surface area contributed by atoms with Gasteiger partial charge in [0.25, 0.3) is 0 Å². The van der Waals surface area contributed by atoms with Crippen LogP contribution in [0.15, 0.2) is 0 Å². The summed E-state index contributed by atoms with van der Waals surface area (Å²) in [6, 6.07) is 0.784. The van der Waals surface area contributed by atoms with Gasteiger partial charge in [0.2, 0.25) is 0 Å². The first-order valence-corrected chi connectivity index (χ1v) is 6.45. The third-order valence-corrected chi connectivity index (χ3v) is 4.69. The Morgan fingerprint density at radius 3 is 2.15 bits per heavy atom. The van der Waals surface area contributed by atoms with E-state index in [1.54, 1.807) is 21.1 Å². The van der Waals surface area contributed by atoms with E-state index in [-0.39, 0.29) is 6.61 Å². The molecule has 1 atom stereocenters. The summed E-state index contributed by atoms with van der Waals surface area (Å²) in [5, 5.41) is 9.06. The van der Waals surface area contributed by atoms with Gasteiger partial charge in [0.05, 0.1) is 12.7 Å². The first kappa shape index (κ1) is 13.1. The molecule has 0 radical (unpaired) electrons. The molecule has 0 amide bonds. The van der Waals surface area contributed by atoms with Crippen LogP contribution in [0.4, 0.5) is 0 Å². The summed E-state index contributed by atoms with van der Waals surface area (Å²) < 4.78 is 16.0. The van der Waals surface area contributed by atoms with E-state index < -0.39 is 14.9 Å². The number of hydrogen-bond acceptors (Lipinski definition) is 4.